The molecular weight excluding hydrogens is 450 g/mol. The van der Waals surface area contributed by atoms with Gasteiger partial charge in [-0.05, 0) is 48.5 Å². The number of hydrogen-bond acceptors (Lipinski definition) is 7. The standard InChI is InChI=1S/C22H19N3O5S2/c23-32(28,29)19-12-10-17(11-13-19)24-25-20(15-31(26,27)18-7-2-1-3-8-18)22-14-16-6-4-5-9-21(16)30-22/h1-14,24H,15H2,(H2,23,28,29)/b25-20+. The van der Waals surface area contributed by atoms with Crippen LogP contribution in [0.1, 0.15) is 5.76 Å². The van der Waals surface area contributed by atoms with Crippen LogP contribution >= 0.6 is 0 Å². The predicted molar refractivity (Wildman–Crippen MR) is 123 cm³/mol. The van der Waals surface area contributed by atoms with E-state index in [0.717, 1.165) is 5.39 Å². The van der Waals surface area contributed by atoms with Crippen molar-refractivity contribution >= 4 is 42.2 Å². The summed E-state index contributed by atoms with van der Waals surface area (Å²) in [5.41, 5.74) is 3.98. The van der Waals surface area contributed by atoms with Gasteiger partial charge in [-0.3, -0.25) is 5.43 Å². The smallest absolute Gasteiger partial charge is 0.238 e. The first kappa shape index (κ1) is 21.8. The van der Waals surface area contributed by atoms with E-state index in [2.05, 4.69) is 10.5 Å². The fourth-order valence-electron chi connectivity index (χ4n) is 3.02. The minimum Gasteiger partial charge on any atom is -0.455 e. The van der Waals surface area contributed by atoms with Gasteiger partial charge in [0, 0.05) is 5.39 Å². The number of sulfone groups is 1. The molecule has 0 saturated carbocycles. The molecule has 0 atom stereocenters. The van der Waals surface area contributed by atoms with Crippen molar-refractivity contribution in [3.63, 3.8) is 0 Å². The number of furan rings is 1. The number of primary sulfonamides is 1. The quantitative estimate of drug-likeness (QED) is 0.315. The van der Waals surface area contributed by atoms with Gasteiger partial charge in [0.25, 0.3) is 0 Å². The van der Waals surface area contributed by atoms with E-state index in [0.29, 0.717) is 17.0 Å². The molecule has 1 heterocycles. The summed E-state index contributed by atoms with van der Waals surface area (Å²) in [6, 6.07) is 22.7. The highest BCUT2D eigenvalue weighted by Crippen LogP contribution is 2.22. The molecule has 4 rings (SSSR count). The summed E-state index contributed by atoms with van der Waals surface area (Å²) in [6.45, 7) is 0. The first-order chi connectivity index (χ1) is 15.2. The van der Waals surface area contributed by atoms with Crippen molar-refractivity contribution in [2.45, 2.75) is 9.79 Å². The zero-order valence-corrected chi connectivity index (χ0v) is 18.3. The zero-order valence-electron chi connectivity index (χ0n) is 16.7. The highest BCUT2D eigenvalue weighted by atomic mass is 32.2. The molecule has 0 aliphatic carbocycles. The third kappa shape index (κ3) is 4.88. The Labute approximate surface area is 185 Å². The van der Waals surface area contributed by atoms with Gasteiger partial charge in [0.05, 0.1) is 15.5 Å². The molecule has 3 aromatic carbocycles. The van der Waals surface area contributed by atoms with Gasteiger partial charge in [-0.25, -0.2) is 22.0 Å². The van der Waals surface area contributed by atoms with Crippen LogP contribution in [0, 0.1) is 0 Å². The Morgan fingerprint density at radius 1 is 0.844 bits per heavy atom. The van der Waals surface area contributed by atoms with Crippen molar-refractivity contribution in [2.75, 3.05) is 11.2 Å². The molecule has 3 N–H and O–H groups in total. The molecule has 4 aromatic rings. The van der Waals surface area contributed by atoms with Gasteiger partial charge >= 0.3 is 0 Å². The van der Waals surface area contributed by atoms with Gasteiger partial charge < -0.3 is 4.42 Å². The van der Waals surface area contributed by atoms with Gasteiger partial charge in [0.15, 0.2) is 15.6 Å². The normalized spacial score (nSPS) is 12.7. The number of nitrogens with one attached hydrogen (secondary N) is 1. The highest BCUT2D eigenvalue weighted by molar-refractivity contribution is 7.92. The number of hydrazone groups is 1. The van der Waals surface area contributed by atoms with Crippen LogP contribution < -0.4 is 10.6 Å². The Kier molecular flexibility index (Phi) is 5.83. The lowest BCUT2D eigenvalue weighted by molar-refractivity contribution is 0.594. The third-order valence-electron chi connectivity index (χ3n) is 4.64. The van der Waals surface area contributed by atoms with Gasteiger partial charge in [0.1, 0.15) is 17.0 Å². The highest BCUT2D eigenvalue weighted by Gasteiger charge is 2.22. The van der Waals surface area contributed by atoms with Crippen LogP contribution in [0.3, 0.4) is 0 Å². The van der Waals surface area contributed by atoms with Crippen molar-refractivity contribution in [1.82, 2.24) is 0 Å². The van der Waals surface area contributed by atoms with Gasteiger partial charge in [-0.2, -0.15) is 5.10 Å². The fourth-order valence-corrected chi connectivity index (χ4v) is 4.85. The Bertz CT molecular complexity index is 1460. The van der Waals surface area contributed by atoms with E-state index in [1.165, 1.54) is 36.4 Å². The van der Waals surface area contributed by atoms with E-state index in [1.54, 1.807) is 30.3 Å². The van der Waals surface area contributed by atoms with Crippen molar-refractivity contribution < 1.29 is 21.3 Å². The summed E-state index contributed by atoms with van der Waals surface area (Å²) in [5, 5.41) is 10.2. The summed E-state index contributed by atoms with van der Waals surface area (Å²) in [7, 11) is -7.52. The Morgan fingerprint density at radius 2 is 1.50 bits per heavy atom. The van der Waals surface area contributed by atoms with E-state index in [4.69, 9.17) is 9.56 Å². The van der Waals surface area contributed by atoms with Gasteiger partial charge in [0.2, 0.25) is 10.0 Å². The number of hydrogen-bond donors (Lipinski definition) is 2. The molecule has 0 saturated heterocycles. The van der Waals surface area contributed by atoms with Crippen LogP contribution in [0.4, 0.5) is 5.69 Å². The number of nitrogens with zero attached hydrogens (tertiary/aromatic N) is 1. The maximum Gasteiger partial charge on any atom is 0.238 e. The fraction of sp³-hybridized carbons (Fsp3) is 0.0455. The van der Waals surface area contributed by atoms with Crippen LogP contribution in [0.25, 0.3) is 11.0 Å². The molecular formula is C22H19N3O5S2. The molecule has 0 spiro atoms. The van der Waals surface area contributed by atoms with E-state index in [-0.39, 0.29) is 15.5 Å². The van der Waals surface area contributed by atoms with Crippen LogP contribution in [-0.4, -0.2) is 28.3 Å². The molecule has 164 valence electrons. The molecule has 0 radical (unpaired) electrons. The molecule has 32 heavy (non-hydrogen) atoms. The van der Waals surface area contributed by atoms with Crippen LogP contribution in [0.15, 0.2) is 104 Å². The lowest BCUT2D eigenvalue weighted by Crippen LogP contribution is -2.18. The second kappa shape index (κ2) is 8.58. The molecule has 10 heteroatoms. The summed E-state index contributed by atoms with van der Waals surface area (Å²) in [5.74, 6) is -0.0987. The summed E-state index contributed by atoms with van der Waals surface area (Å²) < 4.78 is 54.6. The number of fused-ring (bicyclic) bond motifs is 1. The minimum atomic E-state index is -3.82. The van der Waals surface area contributed by atoms with Crippen molar-refractivity contribution in [2.24, 2.45) is 10.2 Å². The molecule has 8 nitrogen and oxygen atoms in total. The molecule has 1 aromatic heterocycles. The Morgan fingerprint density at radius 3 is 2.16 bits per heavy atom. The first-order valence-corrected chi connectivity index (χ1v) is 12.6. The molecule has 0 unspecified atom stereocenters. The summed E-state index contributed by atoms with van der Waals surface area (Å²) in [6.07, 6.45) is 0. The van der Waals surface area contributed by atoms with Crippen LogP contribution in [-0.2, 0) is 19.9 Å². The SMILES string of the molecule is NS(=O)(=O)c1ccc(N/N=C(\CS(=O)(=O)c2ccccc2)c2cc3ccccc3o2)cc1. The van der Waals surface area contributed by atoms with Gasteiger partial charge in [-0.15, -0.1) is 0 Å². The topological polar surface area (TPSA) is 132 Å². The van der Waals surface area contributed by atoms with E-state index < -0.39 is 25.6 Å². The molecule has 0 fully saturated rings. The average Bonchev–Trinajstić information content (AvgIpc) is 3.21. The Balaban J connectivity index is 1.70. The maximum atomic E-state index is 13.0. The molecule has 0 amide bonds. The summed E-state index contributed by atoms with van der Waals surface area (Å²) >= 11 is 0. The largest absolute Gasteiger partial charge is 0.455 e. The number of benzene rings is 3. The maximum absolute atomic E-state index is 13.0. The zero-order chi connectivity index (χ0) is 22.8. The van der Waals surface area contributed by atoms with E-state index in [9.17, 15) is 16.8 Å². The monoisotopic (exact) mass is 469 g/mol. The average molecular weight is 470 g/mol. The Hall–Kier alpha value is -3.47. The minimum absolute atomic E-state index is 0.0452. The van der Waals surface area contributed by atoms with Crippen molar-refractivity contribution in [3.05, 3.63) is 90.7 Å². The van der Waals surface area contributed by atoms with Gasteiger partial charge in [-0.1, -0.05) is 36.4 Å². The third-order valence-corrected chi connectivity index (χ3v) is 7.21. The first-order valence-electron chi connectivity index (χ1n) is 9.45. The lowest BCUT2D eigenvalue weighted by Gasteiger charge is -2.08. The van der Waals surface area contributed by atoms with Crippen molar-refractivity contribution in [1.29, 1.82) is 0 Å². The number of sulfonamides is 1. The second-order valence-corrected chi connectivity index (χ2v) is 10.5. The molecule has 0 aliphatic rings. The lowest BCUT2D eigenvalue weighted by atomic mass is 10.2. The van der Waals surface area contributed by atoms with Crippen LogP contribution in [0.2, 0.25) is 0 Å². The number of rotatable bonds is 7. The molecule has 0 bridgehead atoms. The predicted octanol–water partition coefficient (Wildman–Crippen LogP) is 3.37. The van der Waals surface area contributed by atoms with E-state index >= 15 is 0 Å². The second-order valence-electron chi connectivity index (χ2n) is 6.96. The number of nitrogens with two attached hydrogens (primary N) is 1. The number of anilines is 1. The van der Waals surface area contributed by atoms with E-state index in [1.807, 2.05) is 18.2 Å². The molecule has 0 aliphatic heterocycles. The number of para-hydroxylation sites is 1. The van der Waals surface area contributed by atoms with Crippen molar-refractivity contribution in [3.8, 4) is 0 Å². The summed E-state index contributed by atoms with van der Waals surface area (Å²) in [4.78, 5) is 0.123. The van der Waals surface area contributed by atoms with Crippen LogP contribution in [0.5, 0.6) is 0 Å².